The second-order valence-electron chi connectivity index (χ2n) is 9.51. The van der Waals surface area contributed by atoms with Gasteiger partial charge in [-0.3, -0.25) is 9.59 Å². The van der Waals surface area contributed by atoms with Crippen molar-refractivity contribution in [3.63, 3.8) is 0 Å². The van der Waals surface area contributed by atoms with Crippen LogP contribution in [-0.2, 0) is 7.05 Å². The van der Waals surface area contributed by atoms with Gasteiger partial charge in [0.1, 0.15) is 5.69 Å². The quantitative estimate of drug-likeness (QED) is 0.785. The molecule has 4 saturated carbocycles. The number of amides is 1. The second-order valence-corrected chi connectivity index (χ2v) is 9.51. The Morgan fingerprint density at radius 3 is 2.38 bits per heavy atom. The van der Waals surface area contributed by atoms with Crippen molar-refractivity contribution >= 4 is 11.7 Å². The van der Waals surface area contributed by atoms with Crippen LogP contribution in [-0.4, -0.2) is 33.0 Å². The molecule has 152 valence electrons. The lowest BCUT2D eigenvalue weighted by Gasteiger charge is -2.58. The molecule has 29 heavy (non-hydrogen) atoms. The lowest BCUT2D eigenvalue weighted by Crippen LogP contribution is -2.61. The zero-order valence-corrected chi connectivity index (χ0v) is 17.0. The van der Waals surface area contributed by atoms with E-state index in [2.05, 4.69) is 5.32 Å². The second kappa shape index (κ2) is 6.56. The highest BCUT2D eigenvalue weighted by atomic mass is 16.3. The van der Waals surface area contributed by atoms with Crippen LogP contribution in [0, 0.1) is 24.7 Å². The molecule has 2 unspecified atom stereocenters. The molecule has 5 heteroatoms. The molecule has 4 aliphatic rings. The maximum absolute atomic E-state index is 13.2. The third-order valence-corrected chi connectivity index (χ3v) is 7.45. The van der Waals surface area contributed by atoms with E-state index in [1.807, 2.05) is 31.2 Å². The summed E-state index contributed by atoms with van der Waals surface area (Å²) in [5, 5.41) is 14.1. The number of carbonyl (C=O) groups is 2. The molecule has 2 aromatic rings. The number of ketones is 1. The van der Waals surface area contributed by atoms with Gasteiger partial charge in [0.25, 0.3) is 5.91 Å². The van der Waals surface area contributed by atoms with E-state index in [-0.39, 0.29) is 17.7 Å². The number of hydrogen-bond donors (Lipinski definition) is 2. The van der Waals surface area contributed by atoms with E-state index >= 15 is 0 Å². The first-order chi connectivity index (χ1) is 13.8. The van der Waals surface area contributed by atoms with Gasteiger partial charge in [-0.05, 0) is 68.4 Å². The Hall–Kier alpha value is -2.40. The minimum Gasteiger partial charge on any atom is -0.390 e. The van der Waals surface area contributed by atoms with Crippen molar-refractivity contribution in [1.29, 1.82) is 0 Å². The summed E-state index contributed by atoms with van der Waals surface area (Å²) in [4.78, 5) is 26.1. The normalized spacial score (nSPS) is 32.4. The van der Waals surface area contributed by atoms with Crippen LogP contribution in [0.5, 0.6) is 0 Å². The number of carbonyl (C=O) groups excluding carboxylic acids is 2. The summed E-state index contributed by atoms with van der Waals surface area (Å²) in [6.07, 6.45) is 4.74. The molecule has 2 N–H and O–H groups in total. The molecule has 4 aliphatic carbocycles. The molecule has 1 aromatic heterocycles. The van der Waals surface area contributed by atoms with Crippen LogP contribution in [0.1, 0.15) is 64.2 Å². The van der Waals surface area contributed by atoms with Crippen molar-refractivity contribution in [2.75, 3.05) is 0 Å². The Kier molecular flexibility index (Phi) is 4.21. The highest BCUT2D eigenvalue weighted by molar-refractivity contribution is 6.09. The topological polar surface area (TPSA) is 71.3 Å². The zero-order valence-electron chi connectivity index (χ0n) is 17.0. The number of benzene rings is 1. The Labute approximate surface area is 171 Å². The van der Waals surface area contributed by atoms with Crippen molar-refractivity contribution < 1.29 is 14.7 Å². The van der Waals surface area contributed by atoms with Crippen molar-refractivity contribution in [3.05, 3.63) is 58.9 Å². The molecule has 4 fully saturated rings. The average Bonchev–Trinajstić information content (AvgIpc) is 2.97. The minimum atomic E-state index is -0.506. The van der Waals surface area contributed by atoms with Gasteiger partial charge in [0.15, 0.2) is 0 Å². The number of rotatable bonds is 4. The Balaban J connectivity index is 1.39. The summed E-state index contributed by atoms with van der Waals surface area (Å²) in [6, 6.07) is 11.1. The fourth-order valence-electron chi connectivity index (χ4n) is 6.48. The van der Waals surface area contributed by atoms with Gasteiger partial charge in [-0.1, -0.05) is 30.3 Å². The van der Waals surface area contributed by atoms with Gasteiger partial charge in [-0.15, -0.1) is 0 Å². The number of nitrogens with one attached hydrogen (secondary N) is 1. The SMILES string of the molecule is Cc1cc(C(=O)c2ccccc2)n(C)c1C(=O)NC1C2CC3CC1CC(O)(C3)C2. The smallest absolute Gasteiger partial charge is 0.268 e. The van der Waals surface area contributed by atoms with Gasteiger partial charge in [0, 0.05) is 18.7 Å². The lowest BCUT2D eigenvalue weighted by atomic mass is 9.52. The first-order valence-electron chi connectivity index (χ1n) is 10.6. The monoisotopic (exact) mass is 392 g/mol. The maximum atomic E-state index is 13.2. The minimum absolute atomic E-state index is 0.0768. The number of nitrogens with zero attached hydrogens (tertiary/aromatic N) is 1. The summed E-state index contributed by atoms with van der Waals surface area (Å²) in [5.74, 6) is 1.15. The van der Waals surface area contributed by atoms with Gasteiger partial charge in [0.05, 0.1) is 11.3 Å². The van der Waals surface area contributed by atoms with Crippen LogP contribution in [0.25, 0.3) is 0 Å². The van der Waals surface area contributed by atoms with E-state index in [0.29, 0.717) is 34.7 Å². The van der Waals surface area contributed by atoms with Crippen LogP contribution in [0.3, 0.4) is 0 Å². The van der Waals surface area contributed by atoms with Crippen molar-refractivity contribution in [2.45, 2.75) is 50.7 Å². The number of hydrogen-bond acceptors (Lipinski definition) is 3. The van der Waals surface area contributed by atoms with Crippen LogP contribution < -0.4 is 5.32 Å². The largest absolute Gasteiger partial charge is 0.390 e. The van der Waals surface area contributed by atoms with Gasteiger partial charge >= 0.3 is 0 Å². The van der Waals surface area contributed by atoms with Crippen LogP contribution >= 0.6 is 0 Å². The third-order valence-electron chi connectivity index (χ3n) is 7.45. The zero-order chi connectivity index (χ0) is 20.3. The van der Waals surface area contributed by atoms with E-state index < -0.39 is 5.60 Å². The third kappa shape index (κ3) is 3.03. The predicted molar refractivity (Wildman–Crippen MR) is 110 cm³/mol. The van der Waals surface area contributed by atoms with Crippen LogP contribution in [0.4, 0.5) is 0 Å². The van der Waals surface area contributed by atoms with Crippen LogP contribution in [0.15, 0.2) is 36.4 Å². The van der Waals surface area contributed by atoms with Gasteiger partial charge in [-0.25, -0.2) is 0 Å². The first kappa shape index (κ1) is 18.6. The van der Waals surface area contributed by atoms with Crippen LogP contribution in [0.2, 0.25) is 0 Å². The van der Waals surface area contributed by atoms with E-state index in [0.717, 1.165) is 37.7 Å². The summed E-state index contributed by atoms with van der Waals surface area (Å²) < 4.78 is 1.73. The molecule has 0 spiro atoms. The molecule has 6 rings (SSSR count). The Morgan fingerprint density at radius 2 is 1.76 bits per heavy atom. The number of aromatic nitrogens is 1. The summed E-state index contributed by atoms with van der Waals surface area (Å²) in [5.41, 5.74) is 2.00. The summed E-state index contributed by atoms with van der Waals surface area (Å²) in [6.45, 7) is 1.89. The molecule has 5 nitrogen and oxygen atoms in total. The van der Waals surface area contributed by atoms with E-state index in [1.54, 1.807) is 23.7 Å². The van der Waals surface area contributed by atoms with Gasteiger partial charge in [-0.2, -0.15) is 0 Å². The predicted octanol–water partition coefficient (Wildman–Crippen LogP) is 3.23. The van der Waals surface area contributed by atoms with Gasteiger partial charge in [0.2, 0.25) is 5.78 Å². The average molecular weight is 392 g/mol. The van der Waals surface area contributed by atoms with E-state index in [9.17, 15) is 14.7 Å². The number of aliphatic hydroxyl groups is 1. The summed E-state index contributed by atoms with van der Waals surface area (Å²) >= 11 is 0. The molecule has 0 radical (unpaired) electrons. The van der Waals surface area contributed by atoms with Crippen molar-refractivity contribution in [1.82, 2.24) is 9.88 Å². The number of aryl methyl sites for hydroxylation is 1. The van der Waals surface area contributed by atoms with Crippen molar-refractivity contribution in [3.8, 4) is 0 Å². The van der Waals surface area contributed by atoms with Gasteiger partial charge < -0.3 is 15.0 Å². The van der Waals surface area contributed by atoms with E-state index in [4.69, 9.17) is 0 Å². The lowest BCUT2D eigenvalue weighted by molar-refractivity contribution is -0.137. The summed E-state index contributed by atoms with van der Waals surface area (Å²) in [7, 11) is 1.79. The first-order valence-corrected chi connectivity index (χ1v) is 10.6. The molecule has 1 aromatic carbocycles. The Morgan fingerprint density at radius 1 is 1.10 bits per heavy atom. The maximum Gasteiger partial charge on any atom is 0.268 e. The molecule has 0 saturated heterocycles. The standard InChI is InChI=1S/C24H28N2O3/c1-14-8-19(22(27)16-6-4-3-5-7-16)26(2)21(14)23(28)25-20-17-9-15-10-18(20)13-24(29,11-15)12-17/h3-8,15,17-18,20,29H,9-13H2,1-2H3,(H,25,28). The highest BCUT2D eigenvalue weighted by Crippen LogP contribution is 2.55. The molecule has 4 bridgehead atoms. The highest BCUT2D eigenvalue weighted by Gasteiger charge is 2.55. The molecule has 0 aliphatic heterocycles. The molecule has 1 amide bonds. The molecule has 1 heterocycles. The fourth-order valence-corrected chi connectivity index (χ4v) is 6.48. The molecular formula is C24H28N2O3. The van der Waals surface area contributed by atoms with Crippen molar-refractivity contribution in [2.24, 2.45) is 24.8 Å². The molecule has 2 atom stereocenters. The molecular weight excluding hydrogens is 364 g/mol. The Bertz CT molecular complexity index is 962. The fraction of sp³-hybridized carbons (Fsp3) is 0.500. The van der Waals surface area contributed by atoms with E-state index in [1.165, 1.54) is 0 Å².